The highest BCUT2D eigenvalue weighted by atomic mass is 16.3. The molecule has 25 heavy (non-hydrogen) atoms. The van der Waals surface area contributed by atoms with Crippen LogP contribution in [-0.2, 0) is 0 Å². The lowest BCUT2D eigenvalue weighted by Crippen LogP contribution is -2.43. The Labute approximate surface area is 154 Å². The number of rotatable bonds is 4. The van der Waals surface area contributed by atoms with Crippen LogP contribution in [-0.4, -0.2) is 17.3 Å². The molecule has 0 aliphatic heterocycles. The van der Waals surface area contributed by atoms with Crippen molar-refractivity contribution in [2.24, 2.45) is 34.8 Å². The summed E-state index contributed by atoms with van der Waals surface area (Å²) in [7, 11) is 0. The average Bonchev–Trinajstić information content (AvgIpc) is 2.59. The molecule has 3 heteroatoms. The average molecular weight is 347 g/mol. The van der Waals surface area contributed by atoms with Gasteiger partial charge in [0.1, 0.15) is 0 Å². The Morgan fingerprint density at radius 2 is 1.84 bits per heavy atom. The lowest BCUT2D eigenvalue weighted by atomic mass is 9.62. The van der Waals surface area contributed by atoms with Gasteiger partial charge < -0.3 is 10.8 Å². The molecule has 3 nitrogen and oxygen atoms in total. The van der Waals surface area contributed by atoms with Gasteiger partial charge >= 0.3 is 0 Å². The van der Waals surface area contributed by atoms with Crippen molar-refractivity contribution in [2.75, 3.05) is 0 Å². The van der Waals surface area contributed by atoms with Gasteiger partial charge in [-0.25, -0.2) is 0 Å². The number of nitrogens with zero attached hydrogens (tertiary/aromatic N) is 1. The molecule has 0 aromatic carbocycles. The quantitative estimate of drug-likeness (QED) is 0.769. The monoisotopic (exact) mass is 346 g/mol. The first kappa shape index (κ1) is 19.2. The number of nitriles is 1. The maximum Gasteiger partial charge on any atom is 0.0689 e. The Balaban J connectivity index is 1.59. The van der Waals surface area contributed by atoms with E-state index in [4.69, 9.17) is 5.73 Å². The second kappa shape index (κ2) is 8.40. The van der Waals surface area contributed by atoms with Crippen LogP contribution in [0.1, 0.15) is 90.4 Å². The van der Waals surface area contributed by atoms with Crippen LogP contribution in [0.25, 0.3) is 0 Å². The molecule has 0 aromatic rings. The molecular formula is C22H38N2O. The normalized spacial score (nSPS) is 45.7. The molecule has 3 aliphatic rings. The number of aliphatic hydroxyl groups excluding tert-OH is 1. The highest BCUT2D eigenvalue weighted by Gasteiger charge is 2.41. The number of hydrogen-bond donors (Lipinski definition) is 2. The zero-order valence-electron chi connectivity index (χ0n) is 16.1. The van der Waals surface area contributed by atoms with E-state index in [1.165, 1.54) is 51.4 Å². The highest BCUT2D eigenvalue weighted by Crippen LogP contribution is 2.48. The van der Waals surface area contributed by atoms with Crippen molar-refractivity contribution in [1.29, 1.82) is 5.26 Å². The summed E-state index contributed by atoms with van der Waals surface area (Å²) in [6.45, 7) is 2.29. The second-order valence-electron chi connectivity index (χ2n) is 9.73. The molecule has 0 bridgehead atoms. The molecule has 6 unspecified atom stereocenters. The molecule has 142 valence electrons. The van der Waals surface area contributed by atoms with Crippen molar-refractivity contribution in [2.45, 2.75) is 103 Å². The summed E-state index contributed by atoms with van der Waals surface area (Å²) in [6, 6.07) is 3.06. The highest BCUT2D eigenvalue weighted by molar-refractivity contribution is 5.05. The van der Waals surface area contributed by atoms with Gasteiger partial charge in [-0.3, -0.25) is 0 Å². The lowest BCUT2D eigenvalue weighted by molar-refractivity contribution is 0.0734. The van der Waals surface area contributed by atoms with Gasteiger partial charge in [0.05, 0.1) is 17.6 Å². The van der Waals surface area contributed by atoms with Crippen LogP contribution in [0.3, 0.4) is 0 Å². The van der Waals surface area contributed by atoms with Gasteiger partial charge in [0.25, 0.3) is 0 Å². The van der Waals surface area contributed by atoms with Gasteiger partial charge in [0, 0.05) is 6.04 Å². The first-order chi connectivity index (χ1) is 12.0. The van der Waals surface area contributed by atoms with Crippen LogP contribution >= 0.6 is 0 Å². The molecule has 3 fully saturated rings. The van der Waals surface area contributed by atoms with E-state index in [1.807, 2.05) is 0 Å². The minimum absolute atomic E-state index is 0.0789. The SMILES string of the molecule is C[C@@H]1CCCC(CC2(C#N)CCCC(CC3CCCC(O)C3)C2)C1N. The largest absolute Gasteiger partial charge is 0.393 e. The maximum absolute atomic E-state index is 10.1. The van der Waals surface area contributed by atoms with E-state index in [0.29, 0.717) is 23.7 Å². The van der Waals surface area contributed by atoms with E-state index in [9.17, 15) is 10.4 Å². The summed E-state index contributed by atoms with van der Waals surface area (Å²) >= 11 is 0. The maximum atomic E-state index is 10.1. The topological polar surface area (TPSA) is 70.0 Å². The third-order valence-electron chi connectivity index (χ3n) is 7.69. The Morgan fingerprint density at radius 1 is 1.08 bits per heavy atom. The molecule has 3 saturated carbocycles. The summed E-state index contributed by atoms with van der Waals surface area (Å²) in [5, 5.41) is 20.0. The van der Waals surface area contributed by atoms with Gasteiger partial charge in [0.15, 0.2) is 0 Å². The first-order valence-electron chi connectivity index (χ1n) is 10.9. The number of aliphatic hydroxyl groups is 1. The number of nitrogens with two attached hydrogens (primary N) is 1. The summed E-state index contributed by atoms with van der Waals surface area (Å²) < 4.78 is 0. The summed E-state index contributed by atoms with van der Waals surface area (Å²) in [5.74, 6) is 2.51. The van der Waals surface area contributed by atoms with Gasteiger partial charge in [-0.15, -0.1) is 0 Å². The fourth-order valence-corrected chi connectivity index (χ4v) is 6.26. The van der Waals surface area contributed by atoms with Crippen LogP contribution in [0.5, 0.6) is 0 Å². The molecule has 3 aliphatic carbocycles. The minimum Gasteiger partial charge on any atom is -0.393 e. The Hall–Kier alpha value is -0.590. The summed E-state index contributed by atoms with van der Waals surface area (Å²) in [6.07, 6.45) is 15.0. The molecule has 0 spiro atoms. The molecule has 0 aromatic heterocycles. The summed E-state index contributed by atoms with van der Waals surface area (Å²) in [5.41, 5.74) is 6.39. The van der Waals surface area contributed by atoms with E-state index in [-0.39, 0.29) is 17.6 Å². The van der Waals surface area contributed by atoms with E-state index in [1.54, 1.807) is 0 Å². The number of hydrogen-bond acceptors (Lipinski definition) is 3. The van der Waals surface area contributed by atoms with Crippen molar-refractivity contribution in [1.82, 2.24) is 0 Å². The molecular weight excluding hydrogens is 308 g/mol. The van der Waals surface area contributed by atoms with E-state index < -0.39 is 0 Å². The zero-order chi connectivity index (χ0) is 17.9. The van der Waals surface area contributed by atoms with Crippen molar-refractivity contribution in [3.8, 4) is 6.07 Å². The summed E-state index contributed by atoms with van der Waals surface area (Å²) in [4.78, 5) is 0. The van der Waals surface area contributed by atoms with Crippen molar-refractivity contribution in [3.05, 3.63) is 0 Å². The molecule has 0 saturated heterocycles. The van der Waals surface area contributed by atoms with Gasteiger partial charge in [-0.2, -0.15) is 5.26 Å². The lowest BCUT2D eigenvalue weighted by Gasteiger charge is -2.43. The first-order valence-corrected chi connectivity index (χ1v) is 10.9. The van der Waals surface area contributed by atoms with Crippen molar-refractivity contribution < 1.29 is 5.11 Å². The molecule has 3 rings (SSSR count). The fourth-order valence-electron chi connectivity index (χ4n) is 6.26. The molecule has 0 amide bonds. The van der Waals surface area contributed by atoms with Crippen molar-refractivity contribution >= 4 is 0 Å². The Kier molecular flexibility index (Phi) is 6.44. The van der Waals surface area contributed by atoms with Crippen LogP contribution in [0, 0.1) is 40.4 Å². The molecule has 0 radical (unpaired) electrons. The van der Waals surface area contributed by atoms with Crippen LogP contribution in [0.2, 0.25) is 0 Å². The van der Waals surface area contributed by atoms with Crippen LogP contribution < -0.4 is 5.73 Å². The fraction of sp³-hybridized carbons (Fsp3) is 0.955. The zero-order valence-corrected chi connectivity index (χ0v) is 16.1. The van der Waals surface area contributed by atoms with Gasteiger partial charge in [-0.1, -0.05) is 39.0 Å². The van der Waals surface area contributed by atoms with Crippen LogP contribution in [0.4, 0.5) is 0 Å². The third-order valence-corrected chi connectivity index (χ3v) is 7.69. The molecule has 7 atom stereocenters. The minimum atomic E-state index is -0.129. The third kappa shape index (κ3) is 4.77. The van der Waals surface area contributed by atoms with Crippen molar-refractivity contribution in [3.63, 3.8) is 0 Å². The van der Waals surface area contributed by atoms with E-state index in [2.05, 4.69) is 13.0 Å². The van der Waals surface area contributed by atoms with E-state index >= 15 is 0 Å². The Morgan fingerprint density at radius 3 is 2.60 bits per heavy atom. The predicted octanol–water partition coefficient (Wildman–Crippen LogP) is 4.78. The second-order valence-corrected chi connectivity index (χ2v) is 9.73. The van der Waals surface area contributed by atoms with Crippen LogP contribution in [0.15, 0.2) is 0 Å². The smallest absolute Gasteiger partial charge is 0.0689 e. The van der Waals surface area contributed by atoms with Gasteiger partial charge in [-0.05, 0) is 75.0 Å². The predicted molar refractivity (Wildman–Crippen MR) is 102 cm³/mol. The van der Waals surface area contributed by atoms with Gasteiger partial charge in [0.2, 0.25) is 0 Å². The Bertz CT molecular complexity index is 473. The van der Waals surface area contributed by atoms with E-state index in [0.717, 1.165) is 32.1 Å². The standard InChI is InChI=1S/C22H38N2O/c1-16-5-2-8-19(21(16)24)14-22(15-23)10-4-7-18(13-22)11-17-6-3-9-20(25)12-17/h16-21,25H,2-14,24H2,1H3/t16-,17?,18?,19?,20?,21?,22?/m1/s1. The molecule has 0 heterocycles. The molecule has 3 N–H and O–H groups in total.